The van der Waals surface area contributed by atoms with E-state index in [0.29, 0.717) is 18.6 Å². The van der Waals surface area contributed by atoms with Crippen LogP contribution < -0.4 is 11.1 Å². The topological polar surface area (TPSA) is 72.2 Å². The maximum atomic E-state index is 12.9. The lowest BCUT2D eigenvalue weighted by molar-refractivity contribution is -0.143. The molecular formula is C19H16F6N2O2. The summed E-state index contributed by atoms with van der Waals surface area (Å²) >= 11 is 0. The molecule has 1 atom stereocenters. The highest BCUT2D eigenvalue weighted by Gasteiger charge is 2.37. The van der Waals surface area contributed by atoms with Gasteiger partial charge in [-0.05, 0) is 36.6 Å². The molecule has 2 rings (SSSR count). The smallest absolute Gasteiger partial charge is 0.368 e. The maximum absolute atomic E-state index is 12.9. The van der Waals surface area contributed by atoms with E-state index < -0.39 is 46.9 Å². The molecule has 0 aliphatic carbocycles. The Labute approximate surface area is 161 Å². The Morgan fingerprint density at radius 1 is 0.897 bits per heavy atom. The quantitative estimate of drug-likeness (QED) is 0.698. The summed E-state index contributed by atoms with van der Waals surface area (Å²) in [4.78, 5) is 23.9. The van der Waals surface area contributed by atoms with E-state index in [2.05, 4.69) is 5.32 Å². The van der Waals surface area contributed by atoms with Crippen LogP contribution in [0.4, 0.5) is 26.3 Å². The highest BCUT2D eigenvalue weighted by molar-refractivity contribution is 5.97. The average Bonchev–Trinajstić information content (AvgIpc) is 2.63. The van der Waals surface area contributed by atoms with E-state index >= 15 is 0 Å². The highest BCUT2D eigenvalue weighted by atomic mass is 19.4. The van der Waals surface area contributed by atoms with Crippen LogP contribution in [0, 0.1) is 0 Å². The fourth-order valence-corrected chi connectivity index (χ4v) is 2.57. The molecule has 4 nitrogen and oxygen atoms in total. The average molecular weight is 418 g/mol. The summed E-state index contributed by atoms with van der Waals surface area (Å²) < 4.78 is 77.6. The van der Waals surface area contributed by atoms with Gasteiger partial charge in [-0.1, -0.05) is 30.3 Å². The standard InChI is InChI=1S/C19H16F6N2O2/c20-18(21,22)13-8-12(9-14(10-13)19(23,24)25)17(29)27-15(16(26)28)7-6-11-4-2-1-3-5-11/h1-5,8-10,15H,6-7H2,(H2,26,28)(H,27,29)/t15-/m1/s1. The van der Waals surface area contributed by atoms with Crippen molar-refractivity contribution in [3.8, 4) is 0 Å². The molecule has 0 heterocycles. The van der Waals surface area contributed by atoms with Gasteiger partial charge in [0.25, 0.3) is 5.91 Å². The first-order chi connectivity index (χ1) is 13.4. The van der Waals surface area contributed by atoms with Gasteiger partial charge in [-0.2, -0.15) is 26.3 Å². The van der Waals surface area contributed by atoms with Gasteiger partial charge >= 0.3 is 12.4 Å². The molecule has 0 radical (unpaired) electrons. The molecule has 0 fully saturated rings. The van der Waals surface area contributed by atoms with E-state index in [-0.39, 0.29) is 12.5 Å². The zero-order valence-electron chi connectivity index (χ0n) is 14.8. The Morgan fingerprint density at radius 2 is 1.41 bits per heavy atom. The monoisotopic (exact) mass is 418 g/mol. The lowest BCUT2D eigenvalue weighted by Crippen LogP contribution is -2.44. The Kier molecular flexibility index (Phi) is 6.55. The largest absolute Gasteiger partial charge is 0.416 e. The van der Waals surface area contributed by atoms with Crippen molar-refractivity contribution in [2.24, 2.45) is 5.73 Å². The van der Waals surface area contributed by atoms with Gasteiger partial charge in [0.1, 0.15) is 6.04 Å². The Bertz CT molecular complexity index is 846. The first-order valence-corrected chi connectivity index (χ1v) is 8.31. The number of carbonyl (C=O) groups excluding carboxylic acids is 2. The van der Waals surface area contributed by atoms with E-state index in [0.717, 1.165) is 5.56 Å². The van der Waals surface area contributed by atoms with Gasteiger partial charge in [0.15, 0.2) is 0 Å². The summed E-state index contributed by atoms with van der Waals surface area (Å²) in [6.45, 7) is 0. The molecule has 0 saturated carbocycles. The van der Waals surface area contributed by atoms with Crippen molar-refractivity contribution in [2.75, 3.05) is 0 Å². The van der Waals surface area contributed by atoms with Crippen LogP contribution >= 0.6 is 0 Å². The van der Waals surface area contributed by atoms with Gasteiger partial charge in [0, 0.05) is 5.56 Å². The van der Waals surface area contributed by atoms with Crippen molar-refractivity contribution in [3.63, 3.8) is 0 Å². The first kappa shape index (κ1) is 22.3. The molecular weight excluding hydrogens is 402 g/mol. The van der Waals surface area contributed by atoms with E-state index in [1.165, 1.54) is 0 Å². The van der Waals surface area contributed by atoms with Crippen molar-refractivity contribution >= 4 is 11.8 Å². The molecule has 0 unspecified atom stereocenters. The van der Waals surface area contributed by atoms with Crippen LogP contribution in [0.25, 0.3) is 0 Å². The number of nitrogens with two attached hydrogens (primary N) is 1. The Balaban J connectivity index is 2.25. The molecule has 2 amide bonds. The van der Waals surface area contributed by atoms with Crippen molar-refractivity contribution in [1.29, 1.82) is 0 Å². The molecule has 0 aliphatic heterocycles. The zero-order chi connectivity index (χ0) is 21.8. The molecule has 0 aromatic heterocycles. The van der Waals surface area contributed by atoms with Crippen molar-refractivity contribution in [1.82, 2.24) is 5.32 Å². The fourth-order valence-electron chi connectivity index (χ4n) is 2.57. The summed E-state index contributed by atoms with van der Waals surface area (Å²) in [6.07, 6.45) is -9.85. The predicted octanol–water partition coefficient (Wildman–Crippen LogP) is 3.94. The zero-order valence-corrected chi connectivity index (χ0v) is 14.8. The molecule has 0 saturated heterocycles. The molecule has 10 heteroatoms. The Hall–Kier alpha value is -3.04. The summed E-state index contributed by atoms with van der Waals surface area (Å²) in [5.41, 5.74) is 1.89. The Morgan fingerprint density at radius 3 is 1.86 bits per heavy atom. The fraction of sp³-hybridized carbons (Fsp3) is 0.263. The molecule has 0 bridgehead atoms. The second-order valence-electron chi connectivity index (χ2n) is 6.25. The maximum Gasteiger partial charge on any atom is 0.416 e. The van der Waals surface area contributed by atoms with Gasteiger partial charge in [-0.15, -0.1) is 0 Å². The normalized spacial score (nSPS) is 13.0. The number of aryl methyl sites for hydroxylation is 1. The lowest BCUT2D eigenvalue weighted by Gasteiger charge is -2.17. The SMILES string of the molecule is NC(=O)[C@@H](CCc1ccccc1)NC(=O)c1cc(C(F)(F)F)cc(C(F)(F)F)c1. The van der Waals surface area contributed by atoms with E-state index in [4.69, 9.17) is 5.73 Å². The number of amides is 2. The molecule has 0 spiro atoms. The minimum atomic E-state index is -5.09. The number of halogens is 6. The molecule has 29 heavy (non-hydrogen) atoms. The third kappa shape index (κ3) is 6.23. The summed E-state index contributed by atoms with van der Waals surface area (Å²) in [5.74, 6) is -2.23. The third-order valence-electron chi connectivity index (χ3n) is 4.06. The van der Waals surface area contributed by atoms with Gasteiger partial charge < -0.3 is 11.1 Å². The lowest BCUT2D eigenvalue weighted by atomic mass is 10.0. The van der Waals surface area contributed by atoms with Crippen LogP contribution in [-0.4, -0.2) is 17.9 Å². The highest BCUT2D eigenvalue weighted by Crippen LogP contribution is 2.36. The second-order valence-corrected chi connectivity index (χ2v) is 6.25. The van der Waals surface area contributed by atoms with Crippen molar-refractivity contribution in [3.05, 3.63) is 70.8 Å². The molecule has 3 N–H and O–H groups in total. The van der Waals surface area contributed by atoms with Crippen molar-refractivity contribution < 1.29 is 35.9 Å². The number of rotatable bonds is 6. The van der Waals surface area contributed by atoms with Crippen molar-refractivity contribution in [2.45, 2.75) is 31.2 Å². The van der Waals surface area contributed by atoms with Crippen LogP contribution in [0.15, 0.2) is 48.5 Å². The van der Waals surface area contributed by atoms with Gasteiger partial charge in [-0.25, -0.2) is 0 Å². The summed E-state index contributed by atoms with van der Waals surface area (Å²) in [5, 5.41) is 2.11. The molecule has 0 aliphatic rings. The van der Waals surface area contributed by atoms with Gasteiger partial charge in [0.2, 0.25) is 5.91 Å². The number of carbonyl (C=O) groups is 2. The summed E-state index contributed by atoms with van der Waals surface area (Å²) in [6, 6.07) is 7.99. The third-order valence-corrected chi connectivity index (χ3v) is 4.06. The van der Waals surface area contributed by atoms with Crippen LogP contribution in [0.2, 0.25) is 0 Å². The van der Waals surface area contributed by atoms with Gasteiger partial charge in [0.05, 0.1) is 11.1 Å². The molecule has 2 aromatic rings. The van der Waals surface area contributed by atoms with Crippen LogP contribution in [-0.2, 0) is 23.6 Å². The summed E-state index contributed by atoms with van der Waals surface area (Å²) in [7, 11) is 0. The number of alkyl halides is 6. The van der Waals surface area contributed by atoms with E-state index in [1.807, 2.05) is 0 Å². The number of nitrogens with one attached hydrogen (secondary N) is 1. The van der Waals surface area contributed by atoms with Crippen LogP contribution in [0.1, 0.15) is 33.5 Å². The number of hydrogen-bond donors (Lipinski definition) is 2. The molecule has 2 aromatic carbocycles. The first-order valence-electron chi connectivity index (χ1n) is 8.31. The minimum Gasteiger partial charge on any atom is -0.368 e. The molecule has 156 valence electrons. The predicted molar refractivity (Wildman–Crippen MR) is 91.7 cm³/mol. The number of primary amides is 1. The minimum absolute atomic E-state index is 0.0240. The van der Waals surface area contributed by atoms with E-state index in [9.17, 15) is 35.9 Å². The number of benzene rings is 2. The second kappa shape index (κ2) is 8.54. The van der Waals surface area contributed by atoms with Crippen LogP contribution in [0.5, 0.6) is 0 Å². The number of hydrogen-bond acceptors (Lipinski definition) is 2. The van der Waals surface area contributed by atoms with E-state index in [1.54, 1.807) is 30.3 Å². The van der Waals surface area contributed by atoms with Gasteiger partial charge in [-0.3, -0.25) is 9.59 Å². The van der Waals surface area contributed by atoms with Crippen LogP contribution in [0.3, 0.4) is 0 Å².